The minimum atomic E-state index is 0.151. The van der Waals surface area contributed by atoms with Gasteiger partial charge in [0.2, 0.25) is 0 Å². The molecule has 78 valence electrons. The average molecular weight is 211 g/mol. The Bertz CT molecular complexity index is 328. The van der Waals surface area contributed by atoms with E-state index >= 15 is 0 Å². The Morgan fingerprint density at radius 3 is 2.57 bits per heavy atom. The molecule has 0 aliphatic carbocycles. The first-order chi connectivity index (χ1) is 6.56. The van der Waals surface area contributed by atoms with Gasteiger partial charge in [0.05, 0.1) is 15.6 Å². The van der Waals surface area contributed by atoms with Crippen LogP contribution < -0.4 is 0 Å². The summed E-state index contributed by atoms with van der Waals surface area (Å²) in [7, 11) is 0. The molecule has 14 heavy (non-hydrogen) atoms. The lowest BCUT2D eigenvalue weighted by atomic mass is 10.2. The minimum Gasteiger partial charge on any atom is -0.294 e. The van der Waals surface area contributed by atoms with E-state index in [0.29, 0.717) is 5.92 Å². The third-order valence-corrected chi connectivity index (χ3v) is 3.51. The summed E-state index contributed by atoms with van der Waals surface area (Å²) < 4.78 is 0. The molecular formula is C11H17NOS. The summed E-state index contributed by atoms with van der Waals surface area (Å²) in [5.41, 5.74) is 0.994. The summed E-state index contributed by atoms with van der Waals surface area (Å²) in [6.07, 6.45) is 1.96. The Hall–Kier alpha value is -0.700. The molecule has 0 saturated heterocycles. The van der Waals surface area contributed by atoms with Crippen LogP contribution in [0.15, 0.2) is 0 Å². The normalized spacial score (nSPS) is 10.9. The number of carbonyl (C=O) groups is 1. The fourth-order valence-corrected chi connectivity index (χ4v) is 2.31. The number of Topliss-reactive ketones (excluding diaryl/α,β-unsaturated/α-hetero) is 1. The highest BCUT2D eigenvalue weighted by molar-refractivity contribution is 7.13. The lowest BCUT2D eigenvalue weighted by Gasteiger charge is -1.95. The van der Waals surface area contributed by atoms with Gasteiger partial charge < -0.3 is 0 Å². The number of hydrogen-bond acceptors (Lipinski definition) is 3. The van der Waals surface area contributed by atoms with Crippen molar-refractivity contribution in [1.29, 1.82) is 0 Å². The highest BCUT2D eigenvalue weighted by atomic mass is 32.1. The largest absolute Gasteiger partial charge is 0.294 e. The highest BCUT2D eigenvalue weighted by Crippen LogP contribution is 2.26. The molecule has 0 saturated carbocycles. The van der Waals surface area contributed by atoms with Crippen LogP contribution in [0.1, 0.15) is 60.4 Å². The third-order valence-electron chi connectivity index (χ3n) is 2.01. The van der Waals surface area contributed by atoms with Crippen LogP contribution in [0.5, 0.6) is 0 Å². The second-order valence-corrected chi connectivity index (χ2v) is 4.82. The Labute approximate surface area is 89.4 Å². The standard InChI is InChI=1S/C11H17NOS/c1-5-6-9-10(8(4)13)14-11(12-9)7(2)3/h7H,5-6H2,1-4H3. The highest BCUT2D eigenvalue weighted by Gasteiger charge is 2.15. The van der Waals surface area contributed by atoms with E-state index in [4.69, 9.17) is 0 Å². The van der Waals surface area contributed by atoms with Crippen LogP contribution in [-0.2, 0) is 6.42 Å². The molecule has 0 spiro atoms. The molecule has 0 bridgehead atoms. The van der Waals surface area contributed by atoms with Gasteiger partial charge in [0.1, 0.15) is 0 Å². The second-order valence-electron chi connectivity index (χ2n) is 3.79. The van der Waals surface area contributed by atoms with Gasteiger partial charge in [-0.3, -0.25) is 4.79 Å². The number of carbonyl (C=O) groups excluding carboxylic acids is 1. The Balaban J connectivity index is 3.05. The van der Waals surface area contributed by atoms with E-state index < -0.39 is 0 Å². The van der Waals surface area contributed by atoms with E-state index in [9.17, 15) is 4.79 Å². The van der Waals surface area contributed by atoms with E-state index in [1.54, 1.807) is 18.3 Å². The first kappa shape index (κ1) is 11.4. The topological polar surface area (TPSA) is 30.0 Å². The van der Waals surface area contributed by atoms with Crippen molar-refractivity contribution in [2.75, 3.05) is 0 Å². The van der Waals surface area contributed by atoms with Crippen molar-refractivity contribution in [2.24, 2.45) is 0 Å². The molecule has 0 fully saturated rings. The molecule has 0 aromatic carbocycles. The summed E-state index contributed by atoms with van der Waals surface area (Å²) >= 11 is 1.55. The maximum atomic E-state index is 11.3. The van der Waals surface area contributed by atoms with Gasteiger partial charge in [-0.25, -0.2) is 4.98 Å². The van der Waals surface area contributed by atoms with Crippen LogP contribution in [-0.4, -0.2) is 10.8 Å². The molecule has 1 rings (SSSR count). The summed E-state index contributed by atoms with van der Waals surface area (Å²) in [6, 6.07) is 0. The molecule has 1 aromatic rings. The van der Waals surface area contributed by atoms with Gasteiger partial charge in [0.15, 0.2) is 5.78 Å². The van der Waals surface area contributed by atoms with E-state index in [1.165, 1.54) is 0 Å². The molecule has 0 amide bonds. The molecule has 0 N–H and O–H groups in total. The SMILES string of the molecule is CCCc1nc(C(C)C)sc1C(C)=O. The zero-order valence-corrected chi connectivity index (χ0v) is 10.1. The first-order valence-electron chi connectivity index (χ1n) is 5.06. The molecule has 0 radical (unpaired) electrons. The second kappa shape index (κ2) is 4.69. The number of hydrogen-bond donors (Lipinski definition) is 0. The van der Waals surface area contributed by atoms with Gasteiger partial charge in [0.25, 0.3) is 0 Å². The van der Waals surface area contributed by atoms with Crippen LogP contribution in [0.25, 0.3) is 0 Å². The Kier molecular flexibility index (Phi) is 3.81. The predicted molar refractivity (Wildman–Crippen MR) is 60.2 cm³/mol. The summed E-state index contributed by atoms with van der Waals surface area (Å²) in [4.78, 5) is 16.7. The first-order valence-corrected chi connectivity index (χ1v) is 5.88. The van der Waals surface area contributed by atoms with Crippen molar-refractivity contribution in [3.05, 3.63) is 15.6 Å². The van der Waals surface area contributed by atoms with Crippen molar-refractivity contribution in [3.63, 3.8) is 0 Å². The number of aryl methyl sites for hydroxylation is 1. The molecule has 1 aromatic heterocycles. The quantitative estimate of drug-likeness (QED) is 0.714. The molecule has 2 nitrogen and oxygen atoms in total. The van der Waals surface area contributed by atoms with E-state index in [-0.39, 0.29) is 5.78 Å². The van der Waals surface area contributed by atoms with Gasteiger partial charge in [-0.15, -0.1) is 11.3 Å². The Morgan fingerprint density at radius 2 is 2.14 bits per heavy atom. The van der Waals surface area contributed by atoms with Gasteiger partial charge in [-0.1, -0.05) is 27.2 Å². The molecule has 1 heterocycles. The average Bonchev–Trinajstić information content (AvgIpc) is 2.49. The van der Waals surface area contributed by atoms with Gasteiger partial charge in [-0.2, -0.15) is 0 Å². The maximum Gasteiger partial charge on any atom is 0.171 e. The fraction of sp³-hybridized carbons (Fsp3) is 0.636. The Morgan fingerprint density at radius 1 is 1.50 bits per heavy atom. The van der Waals surface area contributed by atoms with Crippen molar-refractivity contribution >= 4 is 17.1 Å². The molecule has 0 unspecified atom stereocenters. The van der Waals surface area contributed by atoms with Gasteiger partial charge in [-0.05, 0) is 6.42 Å². The van der Waals surface area contributed by atoms with Crippen LogP contribution in [0.4, 0.5) is 0 Å². The summed E-state index contributed by atoms with van der Waals surface area (Å²) in [5, 5.41) is 1.08. The smallest absolute Gasteiger partial charge is 0.171 e. The maximum absolute atomic E-state index is 11.3. The van der Waals surface area contributed by atoms with Crippen molar-refractivity contribution < 1.29 is 4.79 Å². The van der Waals surface area contributed by atoms with Gasteiger partial charge in [0, 0.05) is 12.8 Å². The number of thiazole rings is 1. The van der Waals surface area contributed by atoms with E-state index in [1.807, 2.05) is 0 Å². The van der Waals surface area contributed by atoms with Crippen LogP contribution in [0.3, 0.4) is 0 Å². The van der Waals surface area contributed by atoms with Crippen LogP contribution in [0, 0.1) is 0 Å². The number of nitrogens with zero attached hydrogens (tertiary/aromatic N) is 1. The third kappa shape index (κ3) is 2.41. The van der Waals surface area contributed by atoms with E-state index in [0.717, 1.165) is 28.4 Å². The predicted octanol–water partition coefficient (Wildman–Crippen LogP) is 3.42. The van der Waals surface area contributed by atoms with Gasteiger partial charge >= 0.3 is 0 Å². The van der Waals surface area contributed by atoms with Crippen molar-refractivity contribution in [1.82, 2.24) is 4.98 Å². The molecule has 0 aliphatic heterocycles. The van der Waals surface area contributed by atoms with Crippen LogP contribution >= 0.6 is 11.3 Å². The van der Waals surface area contributed by atoms with Crippen molar-refractivity contribution in [3.8, 4) is 0 Å². The number of ketones is 1. The fourth-order valence-electron chi connectivity index (χ4n) is 1.30. The summed E-state index contributed by atoms with van der Waals surface area (Å²) in [6.45, 7) is 7.95. The number of rotatable bonds is 4. The lowest BCUT2D eigenvalue weighted by molar-refractivity contribution is 0.102. The molecule has 3 heteroatoms. The summed E-state index contributed by atoms with van der Waals surface area (Å²) in [5.74, 6) is 0.571. The van der Waals surface area contributed by atoms with Crippen LogP contribution in [0.2, 0.25) is 0 Å². The minimum absolute atomic E-state index is 0.151. The zero-order chi connectivity index (χ0) is 10.7. The zero-order valence-electron chi connectivity index (χ0n) is 9.26. The molecule has 0 aliphatic rings. The molecular weight excluding hydrogens is 194 g/mol. The monoisotopic (exact) mass is 211 g/mol. The molecule has 0 atom stereocenters. The van der Waals surface area contributed by atoms with Crippen molar-refractivity contribution in [2.45, 2.75) is 46.5 Å². The van der Waals surface area contributed by atoms with E-state index in [2.05, 4.69) is 25.8 Å². The number of aromatic nitrogens is 1. The lowest BCUT2D eigenvalue weighted by Crippen LogP contribution is -1.95.